The van der Waals surface area contributed by atoms with E-state index >= 15 is 0 Å². The summed E-state index contributed by atoms with van der Waals surface area (Å²) in [5.41, 5.74) is 2.21. The van der Waals surface area contributed by atoms with Crippen LogP contribution in [0.25, 0.3) is 11.5 Å². The number of benzene rings is 2. The highest BCUT2D eigenvalue weighted by atomic mass is 32.2. The number of rotatable bonds is 7. The predicted molar refractivity (Wildman–Crippen MR) is 136 cm³/mol. The fraction of sp³-hybridized carbons (Fsp3) is 0.167. The molecule has 0 radical (unpaired) electrons. The van der Waals surface area contributed by atoms with Gasteiger partial charge in [-0.15, -0.1) is 0 Å². The van der Waals surface area contributed by atoms with Crippen molar-refractivity contribution in [1.82, 2.24) is 4.31 Å². The number of thiocarbonyl (C=S) groups is 1. The number of anilines is 1. The molecule has 182 valence electrons. The third-order valence-electron chi connectivity index (χ3n) is 5.21. The summed E-state index contributed by atoms with van der Waals surface area (Å²) in [6.07, 6.45) is 3.39. The zero-order valence-electron chi connectivity index (χ0n) is 19.6. The van der Waals surface area contributed by atoms with E-state index in [9.17, 15) is 23.6 Å². The maximum absolute atomic E-state index is 13.5. The lowest BCUT2D eigenvalue weighted by molar-refractivity contribution is -0.578. The van der Waals surface area contributed by atoms with E-state index in [1.807, 2.05) is 13.0 Å². The summed E-state index contributed by atoms with van der Waals surface area (Å²) in [6, 6.07) is 13.5. The van der Waals surface area contributed by atoms with Gasteiger partial charge in [0.2, 0.25) is 15.7 Å². The van der Waals surface area contributed by atoms with Gasteiger partial charge in [-0.2, -0.15) is 4.57 Å². The zero-order chi connectivity index (χ0) is 25.9. The molecule has 1 aromatic heterocycles. The quantitative estimate of drug-likeness (QED) is 0.129. The molecular weight excluding hydrogens is 488 g/mol. The second-order valence-corrected chi connectivity index (χ2v) is 10.5. The van der Waals surface area contributed by atoms with Gasteiger partial charge in [-0.25, -0.2) is 12.7 Å². The number of nitrogens with one attached hydrogen (secondary N) is 1. The molecule has 35 heavy (non-hydrogen) atoms. The zero-order valence-corrected chi connectivity index (χ0v) is 21.2. The number of pyridine rings is 1. The van der Waals surface area contributed by atoms with Crippen LogP contribution in [0, 0.1) is 24.0 Å². The summed E-state index contributed by atoms with van der Waals surface area (Å²) < 4.78 is 27.9. The second-order valence-electron chi connectivity index (χ2n) is 7.99. The molecule has 0 aliphatic heterocycles. The van der Waals surface area contributed by atoms with Gasteiger partial charge in [-0.3, -0.25) is 10.1 Å². The number of hydrogen-bond donors (Lipinski definition) is 1. The average Bonchev–Trinajstić information content (AvgIpc) is 2.80. The Balaban J connectivity index is 2.11. The fourth-order valence-electron chi connectivity index (χ4n) is 3.23. The summed E-state index contributed by atoms with van der Waals surface area (Å²) in [6.45, 7) is 3.65. The van der Waals surface area contributed by atoms with Crippen molar-refractivity contribution in [1.29, 1.82) is 0 Å². The molecule has 1 heterocycles. The summed E-state index contributed by atoms with van der Waals surface area (Å²) >= 11 is 5.62. The number of aryl methyl sites for hydroxylation is 2. The van der Waals surface area contributed by atoms with Crippen LogP contribution in [0.15, 0.2) is 71.9 Å². The number of nitro groups is 1. The Morgan fingerprint density at radius 3 is 2.31 bits per heavy atom. The first-order valence-electron chi connectivity index (χ1n) is 10.4. The first-order chi connectivity index (χ1) is 16.4. The second kappa shape index (κ2) is 10.3. The minimum atomic E-state index is -3.68. The lowest BCUT2D eigenvalue weighted by atomic mass is 10.1. The molecule has 9 nitrogen and oxygen atoms in total. The van der Waals surface area contributed by atoms with E-state index in [2.05, 4.69) is 5.32 Å². The third-order valence-corrected chi connectivity index (χ3v) is 7.32. The number of sulfonamides is 1. The Morgan fingerprint density at radius 2 is 1.74 bits per heavy atom. The number of non-ortho nitro benzene ring substituents is 1. The van der Waals surface area contributed by atoms with Gasteiger partial charge in [-0.1, -0.05) is 18.3 Å². The summed E-state index contributed by atoms with van der Waals surface area (Å²) in [4.78, 5) is 10.6. The lowest BCUT2D eigenvalue weighted by Gasteiger charge is -2.18. The van der Waals surface area contributed by atoms with Crippen LogP contribution < -0.4 is 15.0 Å². The first kappa shape index (κ1) is 25.9. The number of aromatic nitrogens is 1. The molecule has 2 aromatic carbocycles. The Kier molecular flexibility index (Phi) is 7.64. The highest BCUT2D eigenvalue weighted by molar-refractivity contribution is 7.89. The van der Waals surface area contributed by atoms with Gasteiger partial charge in [0, 0.05) is 43.5 Å². The molecule has 3 aromatic rings. The smallest absolute Gasteiger partial charge is 0.269 e. The molecule has 0 atom stereocenters. The van der Waals surface area contributed by atoms with Crippen molar-refractivity contribution in [2.45, 2.75) is 18.7 Å². The molecular formula is C24H24N4O5S2. The van der Waals surface area contributed by atoms with Crippen molar-refractivity contribution in [3.8, 4) is 0 Å². The van der Waals surface area contributed by atoms with Gasteiger partial charge in [0.15, 0.2) is 17.4 Å². The van der Waals surface area contributed by atoms with Crippen molar-refractivity contribution in [2.24, 2.45) is 0 Å². The maximum atomic E-state index is 13.5. The van der Waals surface area contributed by atoms with E-state index in [4.69, 9.17) is 12.2 Å². The maximum Gasteiger partial charge on any atom is 0.269 e. The molecule has 3 rings (SSSR count). The molecule has 0 unspecified atom stereocenters. The van der Waals surface area contributed by atoms with Crippen molar-refractivity contribution >= 4 is 50.1 Å². The first-order valence-corrected chi connectivity index (χ1v) is 12.3. The molecule has 1 N–H and O–H groups in total. The van der Waals surface area contributed by atoms with Gasteiger partial charge in [0.1, 0.15) is 0 Å². The van der Waals surface area contributed by atoms with Crippen LogP contribution in [0.4, 0.5) is 11.4 Å². The molecule has 0 fully saturated rings. The molecule has 0 saturated heterocycles. The van der Waals surface area contributed by atoms with Gasteiger partial charge in [0.05, 0.1) is 9.82 Å². The van der Waals surface area contributed by atoms with E-state index in [0.29, 0.717) is 5.69 Å². The SMILES string of the molecule is Cc1ccc[n+](C(C(=S)Nc2cc(S(=O)(=O)N(C)C)ccc2C)=C([O-])c2ccc([N+](=O)[O-])cc2)c1. The molecule has 0 aliphatic rings. The minimum absolute atomic E-state index is 0.0615. The highest BCUT2D eigenvalue weighted by Gasteiger charge is 2.22. The molecule has 11 heteroatoms. The van der Waals surface area contributed by atoms with Crippen LogP contribution >= 0.6 is 12.2 Å². The van der Waals surface area contributed by atoms with Crippen molar-refractivity contribution < 1.29 is 23.0 Å². The predicted octanol–water partition coefficient (Wildman–Crippen LogP) is 2.88. The van der Waals surface area contributed by atoms with E-state index in [1.165, 1.54) is 50.5 Å². The summed E-state index contributed by atoms with van der Waals surface area (Å²) in [7, 11) is -0.803. The van der Waals surface area contributed by atoms with Crippen LogP contribution in [0.5, 0.6) is 0 Å². The number of nitrogens with zero attached hydrogens (tertiary/aromatic N) is 3. The van der Waals surface area contributed by atoms with Gasteiger partial charge < -0.3 is 10.4 Å². The van der Waals surface area contributed by atoms with Gasteiger partial charge in [-0.05, 0) is 61.1 Å². The Hall–Kier alpha value is -3.67. The molecule has 0 aliphatic carbocycles. The van der Waals surface area contributed by atoms with Crippen LogP contribution in [-0.4, -0.2) is 36.7 Å². The molecule has 0 spiro atoms. The number of nitro benzene ring substituents is 1. The van der Waals surface area contributed by atoms with Gasteiger partial charge >= 0.3 is 0 Å². The van der Waals surface area contributed by atoms with E-state index in [1.54, 1.807) is 36.0 Å². The van der Waals surface area contributed by atoms with Crippen molar-refractivity contribution in [2.75, 3.05) is 19.4 Å². The Bertz CT molecular complexity index is 1430. The van der Waals surface area contributed by atoms with Crippen molar-refractivity contribution in [3.05, 3.63) is 93.8 Å². The topological polar surface area (TPSA) is 119 Å². The van der Waals surface area contributed by atoms with Crippen LogP contribution in [0.1, 0.15) is 16.7 Å². The van der Waals surface area contributed by atoms with E-state index in [-0.39, 0.29) is 26.8 Å². The van der Waals surface area contributed by atoms with E-state index in [0.717, 1.165) is 15.4 Å². The van der Waals surface area contributed by atoms with E-state index < -0.39 is 20.7 Å². The standard InChI is InChI=1S/C24H24N4O5S2/c1-16-6-5-13-27(15-16)22(23(29)18-8-10-19(11-9-18)28(30)31)24(34)25-21-14-20(12-7-17(21)2)35(32,33)26(3)4/h5-15H,1-4H3,(H-,25,29,34). The van der Waals surface area contributed by atoms with Crippen LogP contribution in [0.3, 0.4) is 0 Å². The number of hydrogen-bond acceptors (Lipinski definition) is 6. The fourth-order valence-corrected chi connectivity index (χ4v) is 4.47. The largest absolute Gasteiger partial charge is 0.867 e. The summed E-state index contributed by atoms with van der Waals surface area (Å²) in [5.74, 6) is -0.456. The average molecular weight is 513 g/mol. The summed E-state index contributed by atoms with van der Waals surface area (Å²) in [5, 5.41) is 27.5. The normalized spacial score (nSPS) is 12.3. The third kappa shape index (κ3) is 5.70. The van der Waals surface area contributed by atoms with Crippen molar-refractivity contribution in [3.63, 3.8) is 0 Å². The Labute approximate surface area is 209 Å². The van der Waals surface area contributed by atoms with Crippen LogP contribution in [0.2, 0.25) is 0 Å². The van der Waals surface area contributed by atoms with Crippen LogP contribution in [-0.2, 0) is 10.0 Å². The monoisotopic (exact) mass is 512 g/mol. The lowest BCUT2D eigenvalue weighted by Crippen LogP contribution is -2.40. The molecule has 0 saturated carbocycles. The molecule has 0 bridgehead atoms. The minimum Gasteiger partial charge on any atom is -0.867 e. The Morgan fingerprint density at radius 1 is 1.09 bits per heavy atom. The highest BCUT2D eigenvalue weighted by Crippen LogP contribution is 2.24. The molecule has 0 amide bonds. The van der Waals surface area contributed by atoms with Gasteiger partial charge in [0.25, 0.3) is 5.69 Å².